The van der Waals surface area contributed by atoms with E-state index in [1.54, 1.807) is 0 Å². The number of halogens is 1. The van der Waals surface area contributed by atoms with E-state index in [1.807, 2.05) is 0 Å². The summed E-state index contributed by atoms with van der Waals surface area (Å²) in [6.45, 7) is 12.6. The van der Waals surface area contributed by atoms with Gasteiger partial charge < -0.3 is 20.3 Å². The number of aliphatic imine (C=N–C) groups is 1. The van der Waals surface area contributed by atoms with E-state index in [1.165, 1.54) is 63.1 Å². The molecule has 0 saturated carbocycles. The Bertz CT molecular complexity index is 725. The van der Waals surface area contributed by atoms with Crippen LogP contribution in [0.1, 0.15) is 64.0 Å². The number of hydrogen-bond acceptors (Lipinski definition) is 4. The summed E-state index contributed by atoms with van der Waals surface area (Å²) in [4.78, 5) is 10.3. The molecule has 0 radical (unpaired) electrons. The highest BCUT2D eigenvalue weighted by Gasteiger charge is 2.39. The summed E-state index contributed by atoms with van der Waals surface area (Å²) in [6.07, 6.45) is 7.41. The van der Waals surface area contributed by atoms with Crippen molar-refractivity contribution in [2.24, 2.45) is 4.99 Å². The third-order valence-electron chi connectivity index (χ3n) is 7.27. The van der Waals surface area contributed by atoms with Crippen LogP contribution >= 0.6 is 24.0 Å². The highest BCUT2D eigenvalue weighted by atomic mass is 127. The van der Waals surface area contributed by atoms with E-state index in [9.17, 15) is 0 Å². The van der Waals surface area contributed by atoms with Gasteiger partial charge in [-0.3, -0.25) is 9.89 Å². The topological polar surface area (TPSA) is 52.1 Å². The Morgan fingerprint density at radius 1 is 1.09 bits per heavy atom. The van der Waals surface area contributed by atoms with E-state index in [4.69, 9.17) is 9.73 Å². The predicted molar refractivity (Wildman–Crippen MR) is 144 cm³/mol. The molecular weight excluding hydrogens is 513 g/mol. The Labute approximate surface area is 211 Å². The van der Waals surface area contributed by atoms with Crippen molar-refractivity contribution in [3.05, 3.63) is 29.8 Å². The summed E-state index contributed by atoms with van der Waals surface area (Å²) in [5.41, 5.74) is 2.83. The van der Waals surface area contributed by atoms with E-state index in [0.29, 0.717) is 0 Å². The fraction of sp³-hybridized carbons (Fsp3) is 0.720. The van der Waals surface area contributed by atoms with E-state index < -0.39 is 0 Å². The van der Waals surface area contributed by atoms with E-state index in [0.717, 1.165) is 45.1 Å². The molecule has 0 aromatic heterocycles. The number of anilines is 1. The van der Waals surface area contributed by atoms with Crippen molar-refractivity contribution in [2.75, 3.05) is 57.4 Å². The maximum atomic E-state index is 5.70. The maximum Gasteiger partial charge on any atom is 0.191 e. The monoisotopic (exact) mass is 555 g/mol. The number of ether oxygens (including phenoxy) is 1. The Balaban J connectivity index is 0.00000289. The van der Waals surface area contributed by atoms with Gasteiger partial charge in [-0.05, 0) is 83.2 Å². The summed E-state index contributed by atoms with van der Waals surface area (Å²) in [7, 11) is 0. The molecule has 180 valence electrons. The van der Waals surface area contributed by atoms with Crippen LogP contribution in [0.4, 0.5) is 5.69 Å². The molecule has 0 bridgehead atoms. The normalized spacial score (nSPS) is 22.4. The molecule has 0 aliphatic carbocycles. The summed E-state index contributed by atoms with van der Waals surface area (Å²) in [5.74, 6) is 0.923. The van der Waals surface area contributed by atoms with Crippen molar-refractivity contribution in [3.8, 4) is 0 Å². The molecule has 0 amide bonds. The van der Waals surface area contributed by atoms with Gasteiger partial charge in [-0.15, -0.1) is 24.0 Å². The fourth-order valence-corrected chi connectivity index (χ4v) is 5.32. The second kappa shape index (κ2) is 12.4. The Morgan fingerprint density at radius 3 is 2.47 bits per heavy atom. The Kier molecular flexibility index (Phi) is 9.92. The second-order valence-electron chi connectivity index (χ2n) is 9.38. The molecule has 3 fully saturated rings. The summed E-state index contributed by atoms with van der Waals surface area (Å²) < 4.78 is 5.70. The number of benzene rings is 1. The Morgan fingerprint density at radius 2 is 1.78 bits per heavy atom. The first-order valence-electron chi connectivity index (χ1n) is 12.4. The standard InChI is InChI=1S/C25H41N5O.HI/c1-3-26-24(27-20-25(11-17-31-18-12-25)30-15-6-7-16-30)28-21(2)22-9-8-10-23(19-22)29-13-4-5-14-29;/h8-10,19,21H,3-7,11-18,20H2,1-2H3,(H2,26,27,28);1H. The number of rotatable bonds is 7. The van der Waals surface area contributed by atoms with Crippen LogP contribution < -0.4 is 15.5 Å². The first-order chi connectivity index (χ1) is 15.2. The quantitative estimate of drug-likeness (QED) is 0.301. The molecule has 3 aliphatic rings. The first kappa shape index (κ1) is 25.6. The minimum absolute atomic E-state index is 0. The van der Waals surface area contributed by atoms with Crippen LogP contribution in [-0.2, 0) is 4.74 Å². The van der Waals surface area contributed by atoms with Crippen LogP contribution in [0.25, 0.3) is 0 Å². The molecule has 7 heteroatoms. The van der Waals surface area contributed by atoms with Crippen molar-refractivity contribution in [2.45, 2.75) is 64.0 Å². The van der Waals surface area contributed by atoms with E-state index >= 15 is 0 Å². The summed E-state index contributed by atoms with van der Waals surface area (Å²) in [5, 5.41) is 7.15. The predicted octanol–water partition coefficient (Wildman–Crippen LogP) is 4.17. The van der Waals surface area contributed by atoms with Crippen LogP contribution in [0.5, 0.6) is 0 Å². The first-order valence-corrected chi connectivity index (χ1v) is 12.4. The highest BCUT2D eigenvalue weighted by Crippen LogP contribution is 2.31. The van der Waals surface area contributed by atoms with E-state index in [-0.39, 0.29) is 35.6 Å². The van der Waals surface area contributed by atoms with Crippen LogP contribution in [0, 0.1) is 0 Å². The minimum atomic E-state index is 0. The number of nitrogens with one attached hydrogen (secondary N) is 2. The van der Waals surface area contributed by atoms with Gasteiger partial charge in [0, 0.05) is 44.1 Å². The van der Waals surface area contributed by atoms with Crippen LogP contribution in [-0.4, -0.2) is 68.9 Å². The smallest absolute Gasteiger partial charge is 0.191 e. The zero-order valence-electron chi connectivity index (χ0n) is 19.9. The average Bonchev–Trinajstić information content (AvgIpc) is 3.53. The van der Waals surface area contributed by atoms with Gasteiger partial charge in [-0.2, -0.15) is 0 Å². The number of likely N-dealkylation sites (tertiary alicyclic amines) is 1. The number of nitrogens with zero attached hydrogens (tertiary/aromatic N) is 3. The lowest BCUT2D eigenvalue weighted by Crippen LogP contribution is -2.54. The molecule has 4 rings (SSSR count). The van der Waals surface area contributed by atoms with Gasteiger partial charge in [0.25, 0.3) is 0 Å². The lowest BCUT2D eigenvalue weighted by molar-refractivity contribution is -0.0139. The van der Waals surface area contributed by atoms with Crippen LogP contribution in [0.2, 0.25) is 0 Å². The second-order valence-corrected chi connectivity index (χ2v) is 9.38. The molecule has 0 spiro atoms. The van der Waals surface area contributed by atoms with Gasteiger partial charge >= 0.3 is 0 Å². The highest BCUT2D eigenvalue weighted by molar-refractivity contribution is 14.0. The van der Waals surface area contributed by atoms with Crippen molar-refractivity contribution >= 4 is 35.6 Å². The number of guanidine groups is 1. The molecular formula is C25H42IN5O. The van der Waals surface area contributed by atoms with Gasteiger partial charge in [-0.1, -0.05) is 12.1 Å². The van der Waals surface area contributed by atoms with E-state index in [2.05, 4.69) is 58.5 Å². The third kappa shape index (κ3) is 6.29. The largest absolute Gasteiger partial charge is 0.381 e. The van der Waals surface area contributed by atoms with Gasteiger partial charge in [0.05, 0.1) is 12.6 Å². The molecule has 1 atom stereocenters. The van der Waals surface area contributed by atoms with Gasteiger partial charge in [0.2, 0.25) is 0 Å². The summed E-state index contributed by atoms with van der Waals surface area (Å²) >= 11 is 0. The van der Waals surface area contributed by atoms with Crippen molar-refractivity contribution in [1.29, 1.82) is 0 Å². The number of hydrogen-bond donors (Lipinski definition) is 2. The lowest BCUT2D eigenvalue weighted by atomic mass is 9.88. The van der Waals surface area contributed by atoms with Crippen LogP contribution in [0.15, 0.2) is 29.3 Å². The van der Waals surface area contributed by atoms with Crippen LogP contribution in [0.3, 0.4) is 0 Å². The van der Waals surface area contributed by atoms with Gasteiger partial charge in [0.1, 0.15) is 0 Å². The van der Waals surface area contributed by atoms with Crippen molar-refractivity contribution in [1.82, 2.24) is 15.5 Å². The van der Waals surface area contributed by atoms with Crippen molar-refractivity contribution < 1.29 is 4.74 Å². The lowest BCUT2D eigenvalue weighted by Gasteiger charge is -2.43. The molecule has 1 aromatic carbocycles. The molecule has 1 unspecified atom stereocenters. The van der Waals surface area contributed by atoms with Gasteiger partial charge in [-0.25, -0.2) is 0 Å². The molecule has 3 aliphatic heterocycles. The maximum absolute atomic E-state index is 5.70. The third-order valence-corrected chi connectivity index (χ3v) is 7.27. The Hall–Kier alpha value is -1.06. The zero-order chi connectivity index (χ0) is 21.5. The molecule has 2 N–H and O–H groups in total. The molecule has 32 heavy (non-hydrogen) atoms. The summed E-state index contributed by atoms with van der Waals surface area (Å²) in [6, 6.07) is 9.21. The molecule has 6 nitrogen and oxygen atoms in total. The van der Waals surface area contributed by atoms with Gasteiger partial charge in [0.15, 0.2) is 5.96 Å². The molecule has 1 aromatic rings. The fourth-order valence-electron chi connectivity index (χ4n) is 5.32. The SMILES string of the molecule is CCNC(=NCC1(N2CCCC2)CCOCC1)NC(C)c1cccc(N2CCCC2)c1.I. The zero-order valence-corrected chi connectivity index (χ0v) is 22.3. The molecule has 3 heterocycles. The average molecular weight is 556 g/mol. The van der Waals surface area contributed by atoms with Crippen molar-refractivity contribution in [3.63, 3.8) is 0 Å². The molecule has 3 saturated heterocycles. The minimum Gasteiger partial charge on any atom is -0.381 e.